The van der Waals surface area contributed by atoms with Gasteiger partial charge < -0.3 is 4.57 Å². The van der Waals surface area contributed by atoms with Gasteiger partial charge in [-0.25, -0.2) is 9.38 Å². The summed E-state index contributed by atoms with van der Waals surface area (Å²) in [6.07, 6.45) is 0. The van der Waals surface area contributed by atoms with Crippen molar-refractivity contribution in [3.05, 3.63) is 93.3 Å². The van der Waals surface area contributed by atoms with Gasteiger partial charge in [-0.3, -0.25) is 9.59 Å². The minimum atomic E-state index is -0.120. The third kappa shape index (κ3) is 2.74. The van der Waals surface area contributed by atoms with Gasteiger partial charge in [0, 0.05) is 5.56 Å². The van der Waals surface area contributed by atoms with Gasteiger partial charge in [0.25, 0.3) is 5.56 Å². The number of imidazole rings is 1. The highest BCUT2D eigenvalue weighted by atomic mass is 16.1. The van der Waals surface area contributed by atoms with Gasteiger partial charge in [0.05, 0.1) is 28.5 Å². The van der Waals surface area contributed by atoms with Crippen molar-refractivity contribution in [2.24, 2.45) is 0 Å². The van der Waals surface area contributed by atoms with Crippen LogP contribution < -0.4 is 5.56 Å². The lowest BCUT2D eigenvalue weighted by atomic mass is 10.1. The van der Waals surface area contributed by atoms with Crippen LogP contribution in [0.5, 0.6) is 0 Å². The Kier molecular flexibility index (Phi) is 4.07. The van der Waals surface area contributed by atoms with E-state index in [1.807, 2.05) is 79.9 Å². The van der Waals surface area contributed by atoms with Gasteiger partial charge in [0.15, 0.2) is 5.78 Å². The van der Waals surface area contributed by atoms with Crippen molar-refractivity contribution >= 4 is 33.5 Å². The summed E-state index contributed by atoms with van der Waals surface area (Å²) >= 11 is 0. The van der Waals surface area contributed by atoms with Crippen molar-refractivity contribution in [3.63, 3.8) is 0 Å². The standard InChI is InChI=1S/C25H21N3O2/c1-15-8-10-18(11-9-15)23(29)14-27-21-12-16(2)17(3)13-22(21)28-24(30)19-6-4-5-7-20(19)26-25(27)28/h4-13H,14H2,1-3H3. The molecule has 0 aliphatic rings. The molecular weight excluding hydrogens is 374 g/mol. The summed E-state index contributed by atoms with van der Waals surface area (Å²) < 4.78 is 3.49. The molecule has 0 spiro atoms. The number of aryl methyl sites for hydroxylation is 3. The lowest BCUT2D eigenvalue weighted by Gasteiger charge is -2.07. The van der Waals surface area contributed by atoms with Gasteiger partial charge in [0.1, 0.15) is 0 Å². The molecule has 5 rings (SSSR count). The summed E-state index contributed by atoms with van der Waals surface area (Å²) in [5, 5.41) is 0.567. The van der Waals surface area contributed by atoms with Gasteiger partial charge in [-0.2, -0.15) is 0 Å². The molecule has 30 heavy (non-hydrogen) atoms. The molecule has 148 valence electrons. The molecule has 0 bridgehead atoms. The summed E-state index contributed by atoms with van der Waals surface area (Å²) in [7, 11) is 0. The Morgan fingerprint density at radius 3 is 2.30 bits per heavy atom. The molecule has 0 unspecified atom stereocenters. The van der Waals surface area contributed by atoms with E-state index in [-0.39, 0.29) is 17.9 Å². The Balaban J connectivity index is 1.82. The summed E-state index contributed by atoms with van der Waals surface area (Å²) in [5.74, 6) is 0.467. The normalized spacial score (nSPS) is 11.6. The first-order valence-corrected chi connectivity index (χ1v) is 9.95. The van der Waals surface area contributed by atoms with Crippen molar-refractivity contribution in [1.82, 2.24) is 14.0 Å². The van der Waals surface area contributed by atoms with Crippen molar-refractivity contribution in [2.75, 3.05) is 0 Å². The van der Waals surface area contributed by atoms with E-state index in [2.05, 4.69) is 0 Å². The van der Waals surface area contributed by atoms with Crippen molar-refractivity contribution in [2.45, 2.75) is 27.3 Å². The van der Waals surface area contributed by atoms with Gasteiger partial charge >= 0.3 is 0 Å². The average molecular weight is 395 g/mol. The Morgan fingerprint density at radius 1 is 0.900 bits per heavy atom. The van der Waals surface area contributed by atoms with Crippen LogP contribution in [-0.4, -0.2) is 19.7 Å². The van der Waals surface area contributed by atoms with Crippen LogP contribution in [-0.2, 0) is 6.54 Å². The SMILES string of the molecule is Cc1ccc(C(=O)Cn2c3cc(C)c(C)cc3n3c(=O)c4ccccc4nc23)cc1. The third-order valence-corrected chi connectivity index (χ3v) is 5.80. The number of fused-ring (bicyclic) bond motifs is 4. The number of carbonyl (C=O) groups is 1. The van der Waals surface area contributed by atoms with Crippen LogP contribution in [0.25, 0.3) is 27.7 Å². The van der Waals surface area contributed by atoms with E-state index in [0.29, 0.717) is 22.2 Å². The molecule has 5 aromatic rings. The van der Waals surface area contributed by atoms with E-state index >= 15 is 0 Å². The average Bonchev–Trinajstić information content (AvgIpc) is 3.02. The number of carbonyl (C=O) groups excluding carboxylic acids is 1. The largest absolute Gasteiger partial charge is 0.302 e. The zero-order chi connectivity index (χ0) is 21.0. The molecule has 0 fully saturated rings. The predicted octanol–water partition coefficient (Wildman–Crippen LogP) is 4.61. The molecule has 0 atom stereocenters. The number of hydrogen-bond acceptors (Lipinski definition) is 3. The minimum Gasteiger partial charge on any atom is -0.302 e. The molecule has 0 saturated carbocycles. The molecule has 3 aromatic carbocycles. The fourth-order valence-corrected chi connectivity index (χ4v) is 3.94. The molecule has 0 aliphatic carbocycles. The Labute approximate surface area is 173 Å². The van der Waals surface area contributed by atoms with Crippen LogP contribution in [0, 0.1) is 20.8 Å². The molecule has 2 aromatic heterocycles. The number of Topliss-reactive ketones (excluding diaryl/α,β-unsaturated/α-hetero) is 1. The van der Waals surface area contributed by atoms with E-state index in [1.54, 1.807) is 10.5 Å². The van der Waals surface area contributed by atoms with Crippen LogP contribution in [0.2, 0.25) is 0 Å². The van der Waals surface area contributed by atoms with Gasteiger partial charge in [0.2, 0.25) is 5.78 Å². The van der Waals surface area contributed by atoms with Crippen molar-refractivity contribution in [1.29, 1.82) is 0 Å². The van der Waals surface area contributed by atoms with E-state index in [1.165, 1.54) is 0 Å². The fourth-order valence-electron chi connectivity index (χ4n) is 3.94. The first-order chi connectivity index (χ1) is 14.4. The highest BCUT2D eigenvalue weighted by Gasteiger charge is 2.19. The summed E-state index contributed by atoms with van der Waals surface area (Å²) in [4.78, 5) is 31.2. The topological polar surface area (TPSA) is 56.4 Å². The highest BCUT2D eigenvalue weighted by Crippen LogP contribution is 2.24. The first kappa shape index (κ1) is 18.3. The number of hydrogen-bond donors (Lipinski definition) is 0. The lowest BCUT2D eigenvalue weighted by Crippen LogP contribution is -2.17. The van der Waals surface area contributed by atoms with Gasteiger partial charge in [-0.15, -0.1) is 0 Å². The second-order valence-electron chi connectivity index (χ2n) is 7.87. The maximum absolute atomic E-state index is 13.3. The van der Waals surface area contributed by atoms with Crippen LogP contribution in [0.1, 0.15) is 27.0 Å². The number of rotatable bonds is 3. The fraction of sp³-hybridized carbons (Fsp3) is 0.160. The van der Waals surface area contributed by atoms with E-state index < -0.39 is 0 Å². The molecule has 0 N–H and O–H groups in total. The third-order valence-electron chi connectivity index (χ3n) is 5.80. The van der Waals surface area contributed by atoms with Crippen LogP contribution in [0.15, 0.2) is 65.5 Å². The quantitative estimate of drug-likeness (QED) is 0.419. The monoisotopic (exact) mass is 395 g/mol. The van der Waals surface area contributed by atoms with Gasteiger partial charge in [-0.1, -0.05) is 42.0 Å². The Morgan fingerprint density at radius 2 is 1.57 bits per heavy atom. The number of nitrogens with zero attached hydrogens (tertiary/aromatic N) is 3. The highest BCUT2D eigenvalue weighted by molar-refractivity contribution is 5.97. The van der Waals surface area contributed by atoms with Crippen LogP contribution in [0.3, 0.4) is 0 Å². The maximum Gasteiger partial charge on any atom is 0.267 e. The predicted molar refractivity (Wildman–Crippen MR) is 119 cm³/mol. The molecule has 0 saturated heterocycles. The summed E-state index contributed by atoms with van der Waals surface area (Å²) in [5.41, 5.74) is 6.06. The molecule has 5 nitrogen and oxygen atoms in total. The Hall–Kier alpha value is -3.73. The molecular formula is C25H21N3O2. The molecule has 0 amide bonds. The number of aromatic nitrogens is 3. The van der Waals surface area contributed by atoms with E-state index in [4.69, 9.17) is 4.98 Å². The maximum atomic E-state index is 13.3. The van der Waals surface area contributed by atoms with E-state index in [0.717, 1.165) is 27.7 Å². The Bertz CT molecular complexity index is 1520. The zero-order valence-electron chi connectivity index (χ0n) is 17.1. The second-order valence-corrected chi connectivity index (χ2v) is 7.87. The van der Waals surface area contributed by atoms with Crippen molar-refractivity contribution in [3.8, 4) is 0 Å². The number of para-hydroxylation sites is 1. The number of ketones is 1. The summed E-state index contributed by atoms with van der Waals surface area (Å²) in [6, 6.07) is 18.9. The smallest absolute Gasteiger partial charge is 0.267 e. The van der Waals surface area contributed by atoms with E-state index in [9.17, 15) is 9.59 Å². The van der Waals surface area contributed by atoms with Crippen molar-refractivity contribution < 1.29 is 4.79 Å². The molecule has 2 heterocycles. The molecule has 0 radical (unpaired) electrons. The zero-order valence-corrected chi connectivity index (χ0v) is 17.1. The van der Waals surface area contributed by atoms with Crippen LogP contribution >= 0.6 is 0 Å². The van der Waals surface area contributed by atoms with Crippen LogP contribution in [0.4, 0.5) is 0 Å². The minimum absolute atomic E-state index is 0.0185. The molecule has 5 heteroatoms. The lowest BCUT2D eigenvalue weighted by molar-refractivity contribution is 0.0974. The number of benzene rings is 3. The summed E-state index contributed by atoms with van der Waals surface area (Å²) in [6.45, 7) is 6.16. The molecule has 0 aliphatic heterocycles. The second kappa shape index (κ2) is 6.66. The first-order valence-electron chi connectivity index (χ1n) is 9.95. The van der Waals surface area contributed by atoms with Gasteiger partial charge in [-0.05, 0) is 56.2 Å².